The van der Waals surface area contributed by atoms with Crippen molar-refractivity contribution in [2.24, 2.45) is 0 Å². The third-order valence-corrected chi connectivity index (χ3v) is 5.92. The maximum Gasteiger partial charge on any atom is 0.290 e. The summed E-state index contributed by atoms with van der Waals surface area (Å²) in [5.41, 5.74) is 0.343. The van der Waals surface area contributed by atoms with Crippen molar-refractivity contribution in [2.75, 3.05) is 6.54 Å². The first-order chi connectivity index (χ1) is 12.1. The molecular formula is C18H21ClN2O4S. The van der Waals surface area contributed by atoms with E-state index in [0.717, 1.165) is 12.0 Å². The Hall–Kier alpha value is -1.83. The molecule has 2 heterocycles. The Morgan fingerprint density at radius 3 is 2.38 bits per heavy atom. The Kier molecular flexibility index (Phi) is 4.90. The maximum atomic E-state index is 12.7. The molecular weight excluding hydrogens is 376 g/mol. The number of likely N-dealkylation sites (tertiary alicyclic amines) is 1. The van der Waals surface area contributed by atoms with E-state index in [4.69, 9.17) is 16.0 Å². The molecule has 1 N–H and O–H groups in total. The largest absolute Gasteiger partial charge is 0.438 e. The van der Waals surface area contributed by atoms with Gasteiger partial charge in [0, 0.05) is 17.1 Å². The van der Waals surface area contributed by atoms with Crippen LogP contribution < -0.4 is 4.72 Å². The molecule has 0 saturated carbocycles. The average molecular weight is 397 g/mol. The quantitative estimate of drug-likeness (QED) is 0.856. The van der Waals surface area contributed by atoms with Gasteiger partial charge < -0.3 is 9.32 Å². The van der Waals surface area contributed by atoms with Gasteiger partial charge in [0.15, 0.2) is 5.76 Å². The minimum atomic E-state index is -3.82. The van der Waals surface area contributed by atoms with Gasteiger partial charge in [0.1, 0.15) is 0 Å². The third-order valence-electron chi connectivity index (χ3n) is 4.03. The highest BCUT2D eigenvalue weighted by Gasteiger charge is 2.36. The lowest BCUT2D eigenvalue weighted by Crippen LogP contribution is -2.45. The standard InChI is InChI=1S/C18H21ClN2O4S/c1-18(2,3)20-26(23,24)16-9-8-15(25-16)17(22)21-11-10-14(21)12-4-6-13(19)7-5-12/h4-9,14,20H,10-11H2,1-3H3. The summed E-state index contributed by atoms with van der Waals surface area (Å²) in [7, 11) is -3.82. The lowest BCUT2D eigenvalue weighted by molar-refractivity contribution is 0.0422. The molecule has 1 aliphatic rings. The van der Waals surface area contributed by atoms with E-state index in [9.17, 15) is 13.2 Å². The number of benzene rings is 1. The highest BCUT2D eigenvalue weighted by atomic mass is 35.5. The molecule has 1 fully saturated rings. The van der Waals surface area contributed by atoms with Gasteiger partial charge in [-0.25, -0.2) is 13.1 Å². The molecule has 3 rings (SSSR count). The summed E-state index contributed by atoms with van der Waals surface area (Å²) in [6.07, 6.45) is 0.838. The zero-order valence-electron chi connectivity index (χ0n) is 14.8. The molecule has 0 radical (unpaired) electrons. The molecule has 1 unspecified atom stereocenters. The number of sulfonamides is 1. The van der Waals surface area contributed by atoms with Crippen LogP contribution in [0.5, 0.6) is 0 Å². The first-order valence-electron chi connectivity index (χ1n) is 8.27. The second-order valence-electron chi connectivity index (χ2n) is 7.33. The van der Waals surface area contributed by atoms with Crippen molar-refractivity contribution < 1.29 is 17.6 Å². The highest BCUT2D eigenvalue weighted by molar-refractivity contribution is 7.89. The Labute approximate surface area is 158 Å². The fourth-order valence-electron chi connectivity index (χ4n) is 2.84. The number of hydrogen-bond acceptors (Lipinski definition) is 4. The van der Waals surface area contributed by atoms with E-state index in [-0.39, 0.29) is 22.8 Å². The summed E-state index contributed by atoms with van der Waals surface area (Å²) < 4.78 is 32.5. The van der Waals surface area contributed by atoms with E-state index in [2.05, 4.69) is 4.72 Å². The van der Waals surface area contributed by atoms with Gasteiger partial charge in [0.05, 0.1) is 6.04 Å². The van der Waals surface area contributed by atoms with Gasteiger partial charge >= 0.3 is 0 Å². The minimum absolute atomic E-state index is 0.0120. The molecule has 140 valence electrons. The summed E-state index contributed by atoms with van der Waals surface area (Å²) in [4.78, 5) is 14.4. The van der Waals surface area contributed by atoms with Gasteiger partial charge in [-0.05, 0) is 57.0 Å². The number of amides is 1. The average Bonchev–Trinajstić information content (AvgIpc) is 2.97. The van der Waals surface area contributed by atoms with E-state index in [0.29, 0.717) is 11.6 Å². The second-order valence-corrected chi connectivity index (χ2v) is 9.38. The van der Waals surface area contributed by atoms with Crippen molar-refractivity contribution in [3.8, 4) is 0 Å². The van der Waals surface area contributed by atoms with Crippen LogP contribution >= 0.6 is 11.6 Å². The molecule has 0 bridgehead atoms. The van der Waals surface area contributed by atoms with E-state index in [1.807, 2.05) is 12.1 Å². The van der Waals surface area contributed by atoms with Crippen LogP contribution in [-0.2, 0) is 10.0 Å². The minimum Gasteiger partial charge on any atom is -0.438 e. The molecule has 1 aromatic carbocycles. The van der Waals surface area contributed by atoms with Crippen molar-refractivity contribution >= 4 is 27.5 Å². The fraction of sp³-hybridized carbons (Fsp3) is 0.389. The van der Waals surface area contributed by atoms with Gasteiger partial charge in [-0.2, -0.15) is 0 Å². The molecule has 0 aliphatic carbocycles. The van der Waals surface area contributed by atoms with Crippen LogP contribution in [0, 0.1) is 0 Å². The Bertz CT molecular complexity index is 913. The van der Waals surface area contributed by atoms with E-state index in [1.54, 1.807) is 37.8 Å². The molecule has 26 heavy (non-hydrogen) atoms. The van der Waals surface area contributed by atoms with Crippen LogP contribution in [0.3, 0.4) is 0 Å². The normalized spacial score (nSPS) is 17.8. The first kappa shape index (κ1) is 18.9. The summed E-state index contributed by atoms with van der Waals surface area (Å²) in [5, 5.41) is 0.373. The van der Waals surface area contributed by atoms with Crippen LogP contribution in [0.2, 0.25) is 5.02 Å². The van der Waals surface area contributed by atoms with Gasteiger partial charge in [0.25, 0.3) is 15.9 Å². The molecule has 1 saturated heterocycles. The predicted molar refractivity (Wildman–Crippen MR) is 98.6 cm³/mol. The first-order valence-corrected chi connectivity index (χ1v) is 10.1. The zero-order chi connectivity index (χ0) is 19.1. The van der Waals surface area contributed by atoms with Crippen LogP contribution in [0.25, 0.3) is 0 Å². The van der Waals surface area contributed by atoms with E-state index in [1.165, 1.54) is 12.1 Å². The lowest BCUT2D eigenvalue weighted by Gasteiger charge is -2.40. The van der Waals surface area contributed by atoms with Crippen LogP contribution in [0.15, 0.2) is 45.9 Å². The summed E-state index contributed by atoms with van der Waals surface area (Å²) >= 11 is 5.91. The second kappa shape index (κ2) is 6.72. The molecule has 1 atom stereocenters. The fourth-order valence-corrected chi connectivity index (χ4v) is 4.32. The topological polar surface area (TPSA) is 79.6 Å². The number of furan rings is 1. The molecule has 6 nitrogen and oxygen atoms in total. The van der Waals surface area contributed by atoms with Crippen molar-refractivity contribution in [3.63, 3.8) is 0 Å². The Morgan fingerprint density at radius 2 is 1.85 bits per heavy atom. The van der Waals surface area contributed by atoms with Gasteiger partial charge in [-0.15, -0.1) is 0 Å². The number of nitrogens with zero attached hydrogens (tertiary/aromatic N) is 1. The number of carbonyl (C=O) groups is 1. The van der Waals surface area contributed by atoms with Crippen molar-refractivity contribution in [1.82, 2.24) is 9.62 Å². The van der Waals surface area contributed by atoms with Crippen molar-refractivity contribution in [2.45, 2.75) is 43.9 Å². The number of carbonyl (C=O) groups excluding carboxylic acids is 1. The predicted octanol–water partition coefficient (Wildman–Crippen LogP) is 3.60. The zero-order valence-corrected chi connectivity index (χ0v) is 16.4. The van der Waals surface area contributed by atoms with Crippen molar-refractivity contribution in [1.29, 1.82) is 0 Å². The molecule has 1 aliphatic heterocycles. The molecule has 0 spiro atoms. The summed E-state index contributed by atoms with van der Waals surface area (Å²) in [6, 6.07) is 9.99. The Morgan fingerprint density at radius 1 is 1.19 bits per heavy atom. The number of hydrogen-bond donors (Lipinski definition) is 1. The maximum absolute atomic E-state index is 12.7. The number of halogens is 1. The Balaban J connectivity index is 1.77. The third kappa shape index (κ3) is 3.95. The van der Waals surface area contributed by atoms with E-state index >= 15 is 0 Å². The smallest absolute Gasteiger partial charge is 0.290 e. The molecule has 1 amide bonds. The van der Waals surface area contributed by atoms with Crippen molar-refractivity contribution in [3.05, 3.63) is 52.7 Å². The molecule has 8 heteroatoms. The van der Waals surface area contributed by atoms with Gasteiger partial charge in [-0.3, -0.25) is 4.79 Å². The number of nitrogens with one attached hydrogen (secondary N) is 1. The SMILES string of the molecule is CC(C)(C)NS(=O)(=O)c1ccc(C(=O)N2CCC2c2ccc(Cl)cc2)o1. The highest BCUT2D eigenvalue weighted by Crippen LogP contribution is 2.35. The van der Waals surface area contributed by atoms with Gasteiger partial charge in [-0.1, -0.05) is 23.7 Å². The van der Waals surface area contributed by atoms with Gasteiger partial charge in [0.2, 0.25) is 5.09 Å². The van der Waals surface area contributed by atoms with Crippen LogP contribution in [-0.4, -0.2) is 31.3 Å². The monoisotopic (exact) mass is 396 g/mol. The summed E-state index contributed by atoms with van der Waals surface area (Å²) in [5.74, 6) is -0.314. The van der Waals surface area contributed by atoms with E-state index < -0.39 is 15.6 Å². The van der Waals surface area contributed by atoms with Crippen LogP contribution in [0.1, 0.15) is 49.4 Å². The molecule has 2 aromatic rings. The molecule has 1 aromatic heterocycles. The summed E-state index contributed by atoms with van der Waals surface area (Å²) in [6.45, 7) is 5.79. The number of rotatable bonds is 4. The lowest BCUT2D eigenvalue weighted by atomic mass is 9.94. The van der Waals surface area contributed by atoms with Crippen LogP contribution in [0.4, 0.5) is 0 Å².